The summed E-state index contributed by atoms with van der Waals surface area (Å²) >= 11 is 0. The lowest BCUT2D eigenvalue weighted by Gasteiger charge is -2.08. The molecule has 2 aromatic rings. The monoisotopic (exact) mass is 261 g/mol. The summed E-state index contributed by atoms with van der Waals surface area (Å²) in [5.74, 6) is 0.624. The van der Waals surface area contributed by atoms with E-state index in [1.165, 1.54) is 12.3 Å². The predicted molar refractivity (Wildman–Crippen MR) is 72.0 cm³/mol. The van der Waals surface area contributed by atoms with Gasteiger partial charge < -0.3 is 10.1 Å². The summed E-state index contributed by atoms with van der Waals surface area (Å²) in [6.45, 7) is 4.73. The molecule has 1 aromatic carbocycles. The summed E-state index contributed by atoms with van der Waals surface area (Å²) in [6, 6.07) is 4.69. The fourth-order valence-electron chi connectivity index (χ4n) is 1.54. The Morgan fingerprint density at radius 3 is 2.95 bits per heavy atom. The summed E-state index contributed by atoms with van der Waals surface area (Å²) in [4.78, 5) is 8.23. The van der Waals surface area contributed by atoms with Crippen molar-refractivity contribution in [1.29, 1.82) is 0 Å². The first-order chi connectivity index (χ1) is 9.19. The van der Waals surface area contributed by atoms with E-state index in [1.807, 2.05) is 6.92 Å². The first-order valence-corrected chi connectivity index (χ1v) is 6.19. The number of ether oxygens (including phenoxy) is 1. The van der Waals surface area contributed by atoms with Gasteiger partial charge in [-0.25, -0.2) is 4.39 Å². The van der Waals surface area contributed by atoms with Crippen molar-refractivity contribution >= 4 is 5.82 Å². The summed E-state index contributed by atoms with van der Waals surface area (Å²) in [7, 11) is 0. The van der Waals surface area contributed by atoms with Crippen LogP contribution in [0.5, 0.6) is 11.6 Å². The summed E-state index contributed by atoms with van der Waals surface area (Å²) < 4.78 is 19.0. The molecule has 0 radical (unpaired) electrons. The van der Waals surface area contributed by atoms with Gasteiger partial charge in [0.25, 0.3) is 0 Å². The van der Waals surface area contributed by atoms with Gasteiger partial charge in [0.2, 0.25) is 5.88 Å². The molecule has 1 heterocycles. The van der Waals surface area contributed by atoms with Crippen molar-refractivity contribution < 1.29 is 9.13 Å². The van der Waals surface area contributed by atoms with Crippen molar-refractivity contribution in [1.82, 2.24) is 9.97 Å². The highest BCUT2D eigenvalue weighted by molar-refractivity contribution is 5.36. The molecule has 4 nitrogen and oxygen atoms in total. The smallest absolute Gasteiger partial charge is 0.239 e. The number of hydrogen-bond acceptors (Lipinski definition) is 4. The van der Waals surface area contributed by atoms with E-state index in [0.717, 1.165) is 18.5 Å². The minimum atomic E-state index is -0.417. The van der Waals surface area contributed by atoms with Gasteiger partial charge in [0.15, 0.2) is 11.6 Å². The Kier molecular flexibility index (Phi) is 4.28. The number of aryl methyl sites for hydroxylation is 1. The van der Waals surface area contributed by atoms with Crippen molar-refractivity contribution in [2.45, 2.75) is 20.3 Å². The van der Waals surface area contributed by atoms with Crippen LogP contribution in [0, 0.1) is 12.7 Å². The average Bonchev–Trinajstić information content (AvgIpc) is 2.41. The van der Waals surface area contributed by atoms with E-state index in [0.29, 0.717) is 5.82 Å². The normalized spacial score (nSPS) is 10.3. The summed E-state index contributed by atoms with van der Waals surface area (Å²) in [5.41, 5.74) is 0.921. The molecular weight excluding hydrogens is 245 g/mol. The van der Waals surface area contributed by atoms with Gasteiger partial charge in [0, 0.05) is 6.54 Å². The maximum Gasteiger partial charge on any atom is 0.239 e. The van der Waals surface area contributed by atoms with Crippen LogP contribution in [0.2, 0.25) is 0 Å². The van der Waals surface area contributed by atoms with Gasteiger partial charge in [-0.2, -0.15) is 4.98 Å². The van der Waals surface area contributed by atoms with Crippen molar-refractivity contribution in [3.63, 3.8) is 0 Å². The molecule has 0 aliphatic heterocycles. The zero-order valence-corrected chi connectivity index (χ0v) is 11.0. The molecule has 2 rings (SSSR count). The number of benzene rings is 1. The third kappa shape index (κ3) is 3.64. The van der Waals surface area contributed by atoms with Crippen LogP contribution < -0.4 is 10.1 Å². The van der Waals surface area contributed by atoms with Crippen molar-refractivity contribution in [2.75, 3.05) is 11.9 Å². The lowest BCUT2D eigenvalue weighted by atomic mass is 10.2. The van der Waals surface area contributed by atoms with Crippen molar-refractivity contribution in [3.05, 3.63) is 42.0 Å². The molecule has 100 valence electrons. The van der Waals surface area contributed by atoms with Gasteiger partial charge in [-0.1, -0.05) is 13.0 Å². The predicted octanol–water partition coefficient (Wildman–Crippen LogP) is 3.54. The molecule has 0 bridgehead atoms. The Morgan fingerprint density at radius 1 is 1.32 bits per heavy atom. The van der Waals surface area contributed by atoms with Crippen LogP contribution >= 0.6 is 0 Å². The van der Waals surface area contributed by atoms with Crippen LogP contribution in [0.3, 0.4) is 0 Å². The number of anilines is 1. The Hall–Kier alpha value is -2.17. The molecular formula is C14H16FN3O. The molecule has 1 aromatic heterocycles. The molecule has 19 heavy (non-hydrogen) atoms. The quantitative estimate of drug-likeness (QED) is 0.894. The first kappa shape index (κ1) is 13.3. The second-order valence-electron chi connectivity index (χ2n) is 4.21. The Morgan fingerprint density at radius 2 is 2.16 bits per heavy atom. The lowest BCUT2D eigenvalue weighted by Crippen LogP contribution is -2.03. The van der Waals surface area contributed by atoms with Crippen LogP contribution in [0.1, 0.15) is 18.9 Å². The number of rotatable bonds is 5. The van der Waals surface area contributed by atoms with Gasteiger partial charge in [-0.3, -0.25) is 4.98 Å². The topological polar surface area (TPSA) is 47.0 Å². The third-order valence-electron chi connectivity index (χ3n) is 2.47. The van der Waals surface area contributed by atoms with Crippen LogP contribution in [0.4, 0.5) is 10.2 Å². The number of nitrogens with one attached hydrogen (secondary N) is 1. The highest BCUT2D eigenvalue weighted by Crippen LogP contribution is 2.24. The molecule has 0 aliphatic rings. The van der Waals surface area contributed by atoms with Gasteiger partial charge in [0.05, 0.1) is 12.4 Å². The van der Waals surface area contributed by atoms with E-state index in [1.54, 1.807) is 18.3 Å². The van der Waals surface area contributed by atoms with Gasteiger partial charge in [-0.15, -0.1) is 0 Å². The Balaban J connectivity index is 2.16. The maximum atomic E-state index is 13.6. The molecule has 0 unspecified atom stereocenters. The minimum absolute atomic E-state index is 0.155. The second-order valence-corrected chi connectivity index (χ2v) is 4.21. The number of nitrogens with zero attached hydrogens (tertiary/aromatic N) is 2. The zero-order valence-electron chi connectivity index (χ0n) is 11.0. The van der Waals surface area contributed by atoms with Crippen LogP contribution in [-0.4, -0.2) is 16.5 Å². The molecule has 0 aliphatic carbocycles. The van der Waals surface area contributed by atoms with E-state index in [2.05, 4.69) is 22.2 Å². The molecule has 0 amide bonds. The standard InChI is InChI=1S/C14H16FN3O/c1-3-6-17-13-8-16-9-14(18-13)19-12-7-10(2)4-5-11(12)15/h4-5,7-9H,3,6H2,1-2H3,(H,17,18). The number of hydrogen-bond donors (Lipinski definition) is 1. The number of aromatic nitrogens is 2. The highest BCUT2D eigenvalue weighted by Gasteiger charge is 2.06. The first-order valence-electron chi connectivity index (χ1n) is 6.19. The molecule has 0 atom stereocenters. The van der Waals surface area contributed by atoms with Crippen LogP contribution in [0.25, 0.3) is 0 Å². The molecule has 0 saturated carbocycles. The molecule has 1 N–H and O–H groups in total. The highest BCUT2D eigenvalue weighted by atomic mass is 19.1. The maximum absolute atomic E-state index is 13.6. The number of halogens is 1. The molecule has 5 heteroatoms. The fourth-order valence-corrected chi connectivity index (χ4v) is 1.54. The van der Waals surface area contributed by atoms with Crippen LogP contribution in [-0.2, 0) is 0 Å². The van der Waals surface area contributed by atoms with Crippen molar-refractivity contribution in [3.8, 4) is 11.6 Å². The van der Waals surface area contributed by atoms with E-state index in [9.17, 15) is 4.39 Å². The average molecular weight is 261 g/mol. The largest absolute Gasteiger partial charge is 0.434 e. The van der Waals surface area contributed by atoms with Gasteiger partial charge in [-0.05, 0) is 31.0 Å². The summed E-state index contributed by atoms with van der Waals surface area (Å²) in [6.07, 6.45) is 4.05. The van der Waals surface area contributed by atoms with E-state index < -0.39 is 5.82 Å². The third-order valence-corrected chi connectivity index (χ3v) is 2.47. The lowest BCUT2D eigenvalue weighted by molar-refractivity contribution is 0.425. The summed E-state index contributed by atoms with van der Waals surface area (Å²) in [5, 5.41) is 3.10. The minimum Gasteiger partial charge on any atom is -0.434 e. The van der Waals surface area contributed by atoms with E-state index in [-0.39, 0.29) is 11.6 Å². The molecule has 0 spiro atoms. The second kappa shape index (κ2) is 6.13. The fraction of sp³-hybridized carbons (Fsp3) is 0.286. The van der Waals surface area contributed by atoms with Gasteiger partial charge >= 0.3 is 0 Å². The molecule has 0 saturated heterocycles. The van der Waals surface area contributed by atoms with E-state index in [4.69, 9.17) is 4.74 Å². The van der Waals surface area contributed by atoms with Gasteiger partial charge in [0.1, 0.15) is 5.82 Å². The van der Waals surface area contributed by atoms with Crippen LogP contribution in [0.15, 0.2) is 30.6 Å². The zero-order chi connectivity index (χ0) is 13.7. The van der Waals surface area contributed by atoms with E-state index >= 15 is 0 Å². The Bertz CT molecular complexity index is 560. The Labute approximate surface area is 111 Å². The molecule has 0 fully saturated rings. The van der Waals surface area contributed by atoms with Crippen molar-refractivity contribution in [2.24, 2.45) is 0 Å². The SMILES string of the molecule is CCCNc1cncc(Oc2cc(C)ccc2F)n1.